The predicted octanol–water partition coefficient (Wildman–Crippen LogP) is 3.80. The molecular weight excluding hydrogens is 317 g/mol. The van der Waals surface area contributed by atoms with Crippen molar-refractivity contribution in [1.82, 2.24) is 10.1 Å². The van der Waals surface area contributed by atoms with E-state index in [0.29, 0.717) is 0 Å². The lowest BCUT2D eigenvalue weighted by Gasteiger charge is -2.35. The van der Waals surface area contributed by atoms with E-state index in [2.05, 4.69) is 39.2 Å². The van der Waals surface area contributed by atoms with Gasteiger partial charge in [-0.25, -0.2) is 4.39 Å². The number of para-hydroxylation sites is 1. The first-order valence-corrected chi connectivity index (χ1v) is 8.52. The summed E-state index contributed by atoms with van der Waals surface area (Å²) in [7, 11) is 0. The Morgan fingerprint density at radius 1 is 0.920 bits per heavy atom. The van der Waals surface area contributed by atoms with Gasteiger partial charge in [-0.1, -0.05) is 23.4 Å². The Hall–Kier alpha value is -2.66. The first-order chi connectivity index (χ1) is 12.3. The van der Waals surface area contributed by atoms with Gasteiger partial charge in [0.25, 0.3) is 0 Å². The summed E-state index contributed by atoms with van der Waals surface area (Å²) in [5.41, 5.74) is 2.89. The van der Waals surface area contributed by atoms with Crippen LogP contribution < -0.4 is 4.90 Å². The molecule has 1 saturated heterocycles. The van der Waals surface area contributed by atoms with E-state index in [4.69, 9.17) is 4.52 Å². The van der Waals surface area contributed by atoms with Crippen LogP contribution in [0.25, 0.3) is 11.3 Å². The van der Waals surface area contributed by atoms with Crippen molar-refractivity contribution in [2.45, 2.75) is 6.54 Å². The van der Waals surface area contributed by atoms with Crippen LogP contribution in [0.3, 0.4) is 0 Å². The average Bonchev–Trinajstić information content (AvgIpc) is 3.12. The fraction of sp³-hybridized carbons (Fsp3) is 0.250. The van der Waals surface area contributed by atoms with E-state index in [-0.39, 0.29) is 5.82 Å². The molecule has 5 heteroatoms. The highest BCUT2D eigenvalue weighted by Gasteiger charge is 2.19. The molecule has 0 aliphatic carbocycles. The lowest BCUT2D eigenvalue weighted by Crippen LogP contribution is -2.45. The highest BCUT2D eigenvalue weighted by molar-refractivity contribution is 5.58. The molecule has 1 aromatic heterocycles. The highest BCUT2D eigenvalue weighted by atomic mass is 19.1. The quantitative estimate of drug-likeness (QED) is 0.725. The van der Waals surface area contributed by atoms with Crippen LogP contribution in [0.1, 0.15) is 5.76 Å². The minimum Gasteiger partial charge on any atom is -0.369 e. The van der Waals surface area contributed by atoms with Gasteiger partial charge in [-0.3, -0.25) is 4.90 Å². The third-order valence-electron chi connectivity index (χ3n) is 4.57. The van der Waals surface area contributed by atoms with Gasteiger partial charge in [0, 0.05) is 43.5 Å². The second-order valence-electron chi connectivity index (χ2n) is 6.28. The van der Waals surface area contributed by atoms with E-state index in [1.165, 1.54) is 17.8 Å². The summed E-state index contributed by atoms with van der Waals surface area (Å²) in [4.78, 5) is 4.77. The molecule has 3 aromatic rings. The SMILES string of the molecule is Fc1ccc(-c2cc(CN3CCN(c4ccccc4)CC3)on2)cc1. The Kier molecular flexibility index (Phi) is 4.48. The maximum absolute atomic E-state index is 13.0. The van der Waals surface area contributed by atoms with Crippen LogP contribution in [-0.2, 0) is 6.54 Å². The number of hydrogen-bond acceptors (Lipinski definition) is 4. The molecule has 4 nitrogen and oxygen atoms in total. The van der Waals surface area contributed by atoms with Crippen LogP contribution in [-0.4, -0.2) is 36.2 Å². The van der Waals surface area contributed by atoms with Gasteiger partial charge in [0.05, 0.1) is 6.54 Å². The van der Waals surface area contributed by atoms with E-state index in [9.17, 15) is 4.39 Å². The second-order valence-corrected chi connectivity index (χ2v) is 6.28. The molecule has 25 heavy (non-hydrogen) atoms. The van der Waals surface area contributed by atoms with Crippen molar-refractivity contribution in [2.75, 3.05) is 31.1 Å². The second kappa shape index (κ2) is 7.07. The molecule has 1 fully saturated rings. The zero-order valence-corrected chi connectivity index (χ0v) is 13.9. The van der Waals surface area contributed by atoms with Crippen LogP contribution >= 0.6 is 0 Å². The Labute approximate surface area is 146 Å². The fourth-order valence-corrected chi connectivity index (χ4v) is 3.17. The molecule has 0 saturated carbocycles. The van der Waals surface area contributed by atoms with Crippen LogP contribution in [0.2, 0.25) is 0 Å². The summed E-state index contributed by atoms with van der Waals surface area (Å²) in [5, 5.41) is 4.11. The Bertz CT molecular complexity index is 808. The minimum atomic E-state index is -0.247. The van der Waals surface area contributed by atoms with Crippen molar-refractivity contribution < 1.29 is 8.91 Å². The monoisotopic (exact) mass is 337 g/mol. The zero-order valence-electron chi connectivity index (χ0n) is 13.9. The molecule has 1 aliphatic rings. The van der Waals surface area contributed by atoms with Crippen LogP contribution in [0, 0.1) is 5.82 Å². The van der Waals surface area contributed by atoms with E-state index in [1.54, 1.807) is 12.1 Å². The number of rotatable bonds is 4. The molecule has 0 amide bonds. The van der Waals surface area contributed by atoms with E-state index >= 15 is 0 Å². The van der Waals surface area contributed by atoms with Crippen molar-refractivity contribution in [1.29, 1.82) is 0 Å². The van der Waals surface area contributed by atoms with Crippen molar-refractivity contribution in [3.05, 3.63) is 72.2 Å². The maximum atomic E-state index is 13.0. The molecule has 128 valence electrons. The molecule has 2 aromatic carbocycles. The average molecular weight is 337 g/mol. The van der Waals surface area contributed by atoms with Crippen molar-refractivity contribution in [3.8, 4) is 11.3 Å². The molecule has 0 N–H and O–H groups in total. The molecule has 2 heterocycles. The van der Waals surface area contributed by atoms with Crippen molar-refractivity contribution in [3.63, 3.8) is 0 Å². The molecular formula is C20H20FN3O. The molecule has 0 unspecified atom stereocenters. The summed E-state index contributed by atoms with van der Waals surface area (Å²) in [6.07, 6.45) is 0. The van der Waals surface area contributed by atoms with Crippen LogP contribution in [0.4, 0.5) is 10.1 Å². The summed E-state index contributed by atoms with van der Waals surface area (Å²) in [6.45, 7) is 4.73. The molecule has 0 bridgehead atoms. The minimum absolute atomic E-state index is 0.247. The Morgan fingerprint density at radius 2 is 1.64 bits per heavy atom. The first-order valence-electron chi connectivity index (χ1n) is 8.52. The number of nitrogens with zero attached hydrogens (tertiary/aromatic N) is 3. The van der Waals surface area contributed by atoms with Gasteiger partial charge < -0.3 is 9.42 Å². The van der Waals surface area contributed by atoms with Gasteiger partial charge >= 0.3 is 0 Å². The van der Waals surface area contributed by atoms with E-state index < -0.39 is 0 Å². The number of hydrogen-bond donors (Lipinski definition) is 0. The van der Waals surface area contributed by atoms with Gasteiger partial charge in [-0.2, -0.15) is 0 Å². The third-order valence-corrected chi connectivity index (χ3v) is 4.57. The smallest absolute Gasteiger partial charge is 0.151 e. The number of piperazine rings is 1. The first kappa shape index (κ1) is 15.8. The lowest BCUT2D eigenvalue weighted by molar-refractivity contribution is 0.220. The largest absolute Gasteiger partial charge is 0.369 e. The summed E-state index contributed by atoms with van der Waals surface area (Å²) >= 11 is 0. The van der Waals surface area contributed by atoms with Gasteiger partial charge in [0.1, 0.15) is 11.5 Å². The molecule has 0 radical (unpaired) electrons. The Balaban J connectivity index is 1.35. The van der Waals surface area contributed by atoms with Crippen LogP contribution in [0.5, 0.6) is 0 Å². The normalized spacial score (nSPS) is 15.5. The van der Waals surface area contributed by atoms with Crippen molar-refractivity contribution in [2.24, 2.45) is 0 Å². The van der Waals surface area contributed by atoms with Gasteiger partial charge in [-0.15, -0.1) is 0 Å². The molecule has 0 atom stereocenters. The number of halogens is 1. The number of benzene rings is 2. The fourth-order valence-electron chi connectivity index (χ4n) is 3.17. The third kappa shape index (κ3) is 3.72. The maximum Gasteiger partial charge on any atom is 0.151 e. The Morgan fingerprint density at radius 3 is 2.36 bits per heavy atom. The number of aromatic nitrogens is 1. The predicted molar refractivity (Wildman–Crippen MR) is 95.8 cm³/mol. The molecule has 0 spiro atoms. The van der Waals surface area contributed by atoms with Gasteiger partial charge in [0.15, 0.2) is 5.76 Å². The van der Waals surface area contributed by atoms with E-state index in [0.717, 1.165) is 49.7 Å². The molecule has 4 rings (SSSR count). The summed E-state index contributed by atoms with van der Waals surface area (Å²) < 4.78 is 18.5. The number of anilines is 1. The lowest BCUT2D eigenvalue weighted by atomic mass is 10.1. The standard InChI is InChI=1S/C20H20FN3O/c21-17-8-6-16(7-9-17)20-14-19(25-22-20)15-23-10-12-24(13-11-23)18-4-2-1-3-5-18/h1-9,14H,10-13,15H2. The zero-order chi connectivity index (χ0) is 17.1. The van der Waals surface area contributed by atoms with Crippen molar-refractivity contribution >= 4 is 5.69 Å². The summed E-state index contributed by atoms with van der Waals surface area (Å²) in [5.74, 6) is 0.594. The molecule has 1 aliphatic heterocycles. The summed E-state index contributed by atoms with van der Waals surface area (Å²) in [6, 6.07) is 18.8. The van der Waals surface area contributed by atoms with Gasteiger partial charge in [-0.05, 0) is 36.4 Å². The van der Waals surface area contributed by atoms with E-state index in [1.807, 2.05) is 12.1 Å². The van der Waals surface area contributed by atoms with Gasteiger partial charge in [0.2, 0.25) is 0 Å². The topological polar surface area (TPSA) is 32.5 Å². The van der Waals surface area contributed by atoms with Crippen LogP contribution in [0.15, 0.2) is 65.2 Å². The highest BCUT2D eigenvalue weighted by Crippen LogP contribution is 2.21.